The van der Waals surface area contributed by atoms with Gasteiger partial charge in [0.2, 0.25) is 15.9 Å². The molecular weight excluding hydrogens is 399 g/mol. The summed E-state index contributed by atoms with van der Waals surface area (Å²) < 4.78 is 45.0. The number of piperazine rings is 1. The minimum atomic E-state index is -3.74. The van der Waals surface area contributed by atoms with Crippen molar-refractivity contribution < 1.29 is 27.1 Å². The highest BCUT2D eigenvalue weighted by atomic mass is 32.2. The Morgan fingerprint density at radius 2 is 1.69 bits per heavy atom. The molecule has 0 unspecified atom stereocenters. The Hall–Kier alpha value is -2.78. The first-order chi connectivity index (χ1) is 13.9. The van der Waals surface area contributed by atoms with E-state index in [1.165, 1.54) is 16.4 Å². The zero-order valence-corrected chi connectivity index (χ0v) is 16.3. The Morgan fingerprint density at radius 1 is 1.03 bits per heavy atom. The van der Waals surface area contributed by atoms with Crippen LogP contribution in [0.25, 0.3) is 0 Å². The minimum absolute atomic E-state index is 0.0213. The number of rotatable bonds is 4. The lowest BCUT2D eigenvalue weighted by Gasteiger charge is -2.34. The van der Waals surface area contributed by atoms with Gasteiger partial charge >= 0.3 is 5.97 Å². The molecule has 9 heteroatoms. The van der Waals surface area contributed by atoms with E-state index in [-0.39, 0.29) is 43.4 Å². The van der Waals surface area contributed by atoms with Crippen LogP contribution in [0.2, 0.25) is 0 Å². The summed E-state index contributed by atoms with van der Waals surface area (Å²) in [6.45, 7) is 0.766. The van der Waals surface area contributed by atoms with Gasteiger partial charge in [-0.05, 0) is 30.3 Å². The number of amides is 1. The molecule has 2 aromatic rings. The Morgan fingerprint density at radius 3 is 2.38 bits per heavy atom. The van der Waals surface area contributed by atoms with Gasteiger partial charge < -0.3 is 9.64 Å². The van der Waals surface area contributed by atoms with Gasteiger partial charge in [0.25, 0.3) is 0 Å². The highest BCUT2D eigenvalue weighted by molar-refractivity contribution is 7.89. The Balaban J connectivity index is 1.38. The number of benzene rings is 2. The number of sulfonamides is 1. The molecule has 29 heavy (non-hydrogen) atoms. The molecule has 0 spiro atoms. The van der Waals surface area contributed by atoms with Crippen molar-refractivity contribution in [2.75, 3.05) is 26.2 Å². The minimum Gasteiger partial charge on any atom is -0.453 e. The van der Waals surface area contributed by atoms with E-state index in [0.717, 1.165) is 12.1 Å². The van der Waals surface area contributed by atoms with Crippen molar-refractivity contribution in [3.63, 3.8) is 0 Å². The second kappa shape index (κ2) is 7.57. The fraction of sp³-hybridized carbons (Fsp3) is 0.300. The van der Waals surface area contributed by atoms with Crippen LogP contribution in [0.5, 0.6) is 0 Å². The maximum Gasteiger partial charge on any atom is 0.339 e. The van der Waals surface area contributed by atoms with E-state index in [9.17, 15) is 22.4 Å². The molecule has 1 saturated heterocycles. The van der Waals surface area contributed by atoms with Gasteiger partial charge in [-0.1, -0.05) is 18.2 Å². The summed E-state index contributed by atoms with van der Waals surface area (Å²) >= 11 is 0. The van der Waals surface area contributed by atoms with Gasteiger partial charge in [-0.15, -0.1) is 0 Å². The van der Waals surface area contributed by atoms with E-state index in [1.807, 2.05) is 0 Å². The van der Waals surface area contributed by atoms with E-state index < -0.39 is 27.9 Å². The van der Waals surface area contributed by atoms with Gasteiger partial charge in [-0.3, -0.25) is 4.79 Å². The van der Waals surface area contributed by atoms with Gasteiger partial charge in [-0.25, -0.2) is 17.6 Å². The van der Waals surface area contributed by atoms with Crippen LogP contribution in [-0.2, 0) is 19.6 Å². The molecule has 2 aliphatic heterocycles. The highest BCUT2D eigenvalue weighted by Gasteiger charge is 2.35. The maximum absolute atomic E-state index is 13.1. The molecule has 2 heterocycles. The van der Waals surface area contributed by atoms with E-state index >= 15 is 0 Å². The predicted molar refractivity (Wildman–Crippen MR) is 101 cm³/mol. The number of carbonyl (C=O) groups is 2. The Kier molecular flexibility index (Phi) is 5.10. The first-order valence-electron chi connectivity index (χ1n) is 9.19. The quantitative estimate of drug-likeness (QED) is 0.709. The van der Waals surface area contributed by atoms with Crippen LogP contribution in [0.4, 0.5) is 4.39 Å². The van der Waals surface area contributed by atoms with E-state index in [2.05, 4.69) is 0 Å². The Labute approximate surface area is 167 Å². The van der Waals surface area contributed by atoms with Crippen LogP contribution in [0, 0.1) is 5.82 Å². The second-order valence-corrected chi connectivity index (χ2v) is 8.86. The number of hydrogen-bond acceptors (Lipinski definition) is 5. The van der Waals surface area contributed by atoms with Gasteiger partial charge in [-0.2, -0.15) is 4.31 Å². The summed E-state index contributed by atoms with van der Waals surface area (Å²) in [5, 5.41) is 0. The zero-order valence-electron chi connectivity index (χ0n) is 15.5. The third-order valence-corrected chi connectivity index (χ3v) is 7.09. The zero-order chi connectivity index (χ0) is 20.6. The van der Waals surface area contributed by atoms with Crippen molar-refractivity contribution in [1.82, 2.24) is 9.21 Å². The van der Waals surface area contributed by atoms with Crippen LogP contribution in [0.15, 0.2) is 53.4 Å². The number of halogens is 1. The number of nitrogens with zero attached hydrogens (tertiary/aromatic N) is 2. The lowest BCUT2D eigenvalue weighted by Crippen LogP contribution is -2.50. The van der Waals surface area contributed by atoms with Crippen molar-refractivity contribution in [1.29, 1.82) is 0 Å². The molecule has 2 aliphatic rings. The highest BCUT2D eigenvalue weighted by Crippen LogP contribution is 2.33. The molecule has 0 bridgehead atoms. The third kappa shape index (κ3) is 3.75. The normalized spacial score (nSPS) is 19.7. The smallest absolute Gasteiger partial charge is 0.339 e. The van der Waals surface area contributed by atoms with Crippen LogP contribution in [0.3, 0.4) is 0 Å². The van der Waals surface area contributed by atoms with Crippen LogP contribution in [0.1, 0.15) is 28.4 Å². The topological polar surface area (TPSA) is 84.0 Å². The molecule has 0 aromatic heterocycles. The Bertz CT molecular complexity index is 1050. The van der Waals surface area contributed by atoms with Crippen LogP contribution in [-0.4, -0.2) is 55.7 Å². The fourth-order valence-electron chi connectivity index (χ4n) is 3.59. The molecular formula is C20H19FN2O5S. The van der Waals surface area contributed by atoms with Crippen molar-refractivity contribution in [2.24, 2.45) is 0 Å². The second-order valence-electron chi connectivity index (χ2n) is 6.92. The van der Waals surface area contributed by atoms with Gasteiger partial charge in [0.05, 0.1) is 16.9 Å². The van der Waals surface area contributed by atoms with Crippen LogP contribution >= 0.6 is 0 Å². The van der Waals surface area contributed by atoms with Crippen molar-refractivity contribution in [2.45, 2.75) is 17.4 Å². The molecule has 2 aromatic carbocycles. The third-order valence-electron chi connectivity index (χ3n) is 5.18. The summed E-state index contributed by atoms with van der Waals surface area (Å²) in [4.78, 5) is 26.2. The summed E-state index contributed by atoms with van der Waals surface area (Å²) in [6, 6.07) is 11.6. The summed E-state index contributed by atoms with van der Waals surface area (Å²) in [7, 11) is -3.74. The molecule has 0 radical (unpaired) electrons. The molecule has 1 atom stereocenters. The number of fused-ring (bicyclic) bond motifs is 1. The molecule has 1 amide bonds. The van der Waals surface area contributed by atoms with Gasteiger partial charge in [0.1, 0.15) is 11.9 Å². The average Bonchev–Trinajstić information content (AvgIpc) is 3.04. The summed E-state index contributed by atoms with van der Waals surface area (Å²) in [6.07, 6.45) is -0.597. The predicted octanol–water partition coefficient (Wildman–Crippen LogP) is 1.96. The standard InChI is InChI=1S/C20H19FN2O5S/c21-14-5-7-15(8-6-14)29(26,27)23-11-9-22(10-12-23)19(24)13-18-16-3-1-2-4-17(16)20(25)28-18/h1-8,18H,9-13H2/t18-/m0/s1. The first-order valence-corrected chi connectivity index (χ1v) is 10.6. The molecule has 0 saturated carbocycles. The van der Waals surface area contributed by atoms with E-state index in [4.69, 9.17) is 4.74 Å². The summed E-state index contributed by atoms with van der Waals surface area (Å²) in [5.41, 5.74) is 1.17. The number of hydrogen-bond donors (Lipinski definition) is 0. The first kappa shape index (κ1) is 19.5. The SMILES string of the molecule is O=C1O[C@@H](CC(=O)N2CCN(S(=O)(=O)c3ccc(F)cc3)CC2)c2ccccc21. The van der Waals surface area contributed by atoms with E-state index in [0.29, 0.717) is 11.1 Å². The molecule has 0 N–H and O–H groups in total. The van der Waals surface area contributed by atoms with Crippen LogP contribution < -0.4 is 0 Å². The molecule has 7 nitrogen and oxygen atoms in total. The average molecular weight is 418 g/mol. The monoisotopic (exact) mass is 418 g/mol. The van der Waals surface area contributed by atoms with Gasteiger partial charge in [0.15, 0.2) is 0 Å². The lowest BCUT2D eigenvalue weighted by molar-refractivity contribution is -0.134. The molecule has 1 fully saturated rings. The van der Waals surface area contributed by atoms with Crippen molar-refractivity contribution >= 4 is 21.9 Å². The van der Waals surface area contributed by atoms with Crippen molar-refractivity contribution in [3.05, 3.63) is 65.5 Å². The van der Waals surface area contributed by atoms with Gasteiger partial charge in [0, 0.05) is 31.7 Å². The largest absolute Gasteiger partial charge is 0.453 e. The maximum atomic E-state index is 13.1. The lowest BCUT2D eigenvalue weighted by atomic mass is 10.0. The molecule has 152 valence electrons. The number of carbonyl (C=O) groups excluding carboxylic acids is 2. The summed E-state index contributed by atoms with van der Waals surface area (Å²) in [5.74, 6) is -1.14. The number of ether oxygens (including phenoxy) is 1. The van der Waals surface area contributed by atoms with Crippen molar-refractivity contribution in [3.8, 4) is 0 Å². The fourth-order valence-corrected chi connectivity index (χ4v) is 5.01. The molecule has 0 aliphatic carbocycles. The number of cyclic esters (lactones) is 1. The number of esters is 1. The van der Waals surface area contributed by atoms with E-state index in [1.54, 1.807) is 29.2 Å². The molecule has 4 rings (SSSR count).